The van der Waals surface area contributed by atoms with Crippen molar-refractivity contribution in [3.8, 4) is 0 Å². The van der Waals surface area contributed by atoms with Crippen LogP contribution in [0, 0.1) is 10.1 Å². The highest BCUT2D eigenvalue weighted by Gasteiger charge is 2.21. The molecule has 1 aliphatic heterocycles. The van der Waals surface area contributed by atoms with Crippen molar-refractivity contribution in [3.05, 3.63) is 57.1 Å². The van der Waals surface area contributed by atoms with Crippen LogP contribution in [0.3, 0.4) is 0 Å². The molecular formula is C18H15ClN4O3S. The summed E-state index contributed by atoms with van der Waals surface area (Å²) in [5.41, 5.74) is 1.06. The molecule has 0 spiro atoms. The predicted octanol–water partition coefficient (Wildman–Crippen LogP) is 4.71. The van der Waals surface area contributed by atoms with E-state index in [0.717, 1.165) is 28.4 Å². The largest absolute Gasteiger partial charge is 0.348 e. The molecule has 1 fully saturated rings. The molecule has 138 valence electrons. The number of nitro benzene ring substituents is 1. The highest BCUT2D eigenvalue weighted by molar-refractivity contribution is 7.22. The zero-order chi connectivity index (χ0) is 19.0. The maximum atomic E-state index is 12.5. The number of nitro groups is 1. The second-order valence-electron chi connectivity index (χ2n) is 6.25. The minimum Gasteiger partial charge on any atom is -0.348 e. The van der Waals surface area contributed by atoms with Gasteiger partial charge < -0.3 is 10.2 Å². The van der Waals surface area contributed by atoms with Crippen LogP contribution in [-0.4, -0.2) is 28.9 Å². The summed E-state index contributed by atoms with van der Waals surface area (Å²) >= 11 is 7.47. The van der Waals surface area contributed by atoms with Gasteiger partial charge in [-0.3, -0.25) is 14.9 Å². The molecule has 0 bridgehead atoms. The Morgan fingerprint density at radius 2 is 2.00 bits per heavy atom. The number of halogens is 1. The molecule has 0 atom stereocenters. The van der Waals surface area contributed by atoms with Gasteiger partial charge in [0.15, 0.2) is 5.13 Å². The summed E-state index contributed by atoms with van der Waals surface area (Å²) in [5, 5.41) is 15.1. The Kier molecular flexibility index (Phi) is 4.67. The van der Waals surface area contributed by atoms with Crippen LogP contribution < -0.4 is 10.2 Å². The van der Waals surface area contributed by atoms with Gasteiger partial charge in [0.25, 0.3) is 11.6 Å². The number of carbonyl (C=O) groups excluding carboxylic acids is 1. The molecule has 3 aromatic rings. The van der Waals surface area contributed by atoms with E-state index >= 15 is 0 Å². The van der Waals surface area contributed by atoms with Gasteiger partial charge in [-0.1, -0.05) is 22.9 Å². The Bertz CT molecular complexity index is 1050. The molecule has 9 heteroatoms. The number of hydrogen-bond acceptors (Lipinski definition) is 6. The van der Waals surface area contributed by atoms with Gasteiger partial charge in [0.1, 0.15) is 5.56 Å². The van der Waals surface area contributed by atoms with E-state index in [1.807, 2.05) is 12.1 Å². The number of anilines is 2. The number of fused-ring (bicyclic) bond motifs is 1. The van der Waals surface area contributed by atoms with Gasteiger partial charge in [-0.2, -0.15) is 0 Å². The quantitative estimate of drug-likeness (QED) is 0.504. The summed E-state index contributed by atoms with van der Waals surface area (Å²) in [5.74, 6) is -0.576. The normalized spacial score (nSPS) is 13.9. The maximum Gasteiger partial charge on any atom is 0.282 e. The maximum absolute atomic E-state index is 12.5. The average Bonchev–Trinajstić information content (AvgIpc) is 3.30. The Morgan fingerprint density at radius 3 is 2.74 bits per heavy atom. The first-order chi connectivity index (χ1) is 13.0. The van der Waals surface area contributed by atoms with Crippen molar-refractivity contribution >= 4 is 55.6 Å². The fraction of sp³-hybridized carbons (Fsp3) is 0.222. The van der Waals surface area contributed by atoms with E-state index in [1.54, 1.807) is 17.4 Å². The van der Waals surface area contributed by atoms with Crippen molar-refractivity contribution < 1.29 is 9.72 Å². The summed E-state index contributed by atoms with van der Waals surface area (Å²) in [4.78, 5) is 30.0. The third-order valence-corrected chi connectivity index (χ3v) is 5.73. The first kappa shape index (κ1) is 17.7. The van der Waals surface area contributed by atoms with Crippen LogP contribution in [0.4, 0.5) is 16.5 Å². The number of rotatable bonds is 4. The smallest absolute Gasteiger partial charge is 0.282 e. The van der Waals surface area contributed by atoms with Gasteiger partial charge in [0.05, 0.1) is 15.1 Å². The standard InChI is InChI=1S/C18H15ClN4O3S/c19-11-3-6-15(23(25)26)13(9-11)17(24)20-12-4-5-14-16(10-12)27-18(21-14)22-7-1-2-8-22/h3-6,9-10H,1-2,7-8H2,(H,20,24). The summed E-state index contributed by atoms with van der Waals surface area (Å²) in [6, 6.07) is 9.33. The van der Waals surface area contributed by atoms with Crippen molar-refractivity contribution in [3.63, 3.8) is 0 Å². The predicted molar refractivity (Wildman–Crippen MR) is 107 cm³/mol. The number of nitrogens with one attached hydrogen (secondary N) is 1. The molecule has 1 saturated heterocycles. The fourth-order valence-corrected chi connectivity index (χ4v) is 4.31. The monoisotopic (exact) mass is 402 g/mol. The topological polar surface area (TPSA) is 88.4 Å². The number of amides is 1. The summed E-state index contributed by atoms with van der Waals surface area (Å²) < 4.78 is 0.954. The number of benzene rings is 2. The minimum atomic E-state index is -0.597. The van der Waals surface area contributed by atoms with Gasteiger partial charge in [-0.25, -0.2) is 4.98 Å². The lowest BCUT2D eigenvalue weighted by atomic mass is 10.1. The van der Waals surface area contributed by atoms with E-state index in [4.69, 9.17) is 11.6 Å². The number of thiazole rings is 1. The molecule has 1 amide bonds. The third-order valence-electron chi connectivity index (χ3n) is 4.41. The molecule has 1 N–H and O–H groups in total. The minimum absolute atomic E-state index is 0.0744. The van der Waals surface area contributed by atoms with Crippen LogP contribution in [0.15, 0.2) is 36.4 Å². The molecular weight excluding hydrogens is 388 g/mol. The van der Waals surface area contributed by atoms with Crippen molar-refractivity contribution in [2.45, 2.75) is 12.8 Å². The number of hydrogen-bond donors (Lipinski definition) is 1. The Morgan fingerprint density at radius 1 is 1.22 bits per heavy atom. The molecule has 27 heavy (non-hydrogen) atoms. The average molecular weight is 403 g/mol. The van der Waals surface area contributed by atoms with Crippen molar-refractivity contribution in [1.82, 2.24) is 4.98 Å². The first-order valence-corrected chi connectivity index (χ1v) is 9.61. The Labute approximate surface area is 163 Å². The van der Waals surface area contributed by atoms with Crippen LogP contribution >= 0.6 is 22.9 Å². The highest BCUT2D eigenvalue weighted by Crippen LogP contribution is 2.32. The van der Waals surface area contributed by atoms with Crippen LogP contribution in [0.5, 0.6) is 0 Å². The van der Waals surface area contributed by atoms with Crippen LogP contribution in [0.1, 0.15) is 23.2 Å². The number of nitrogens with zero attached hydrogens (tertiary/aromatic N) is 3. The van der Waals surface area contributed by atoms with Gasteiger partial charge in [0, 0.05) is 29.9 Å². The van der Waals surface area contributed by atoms with Gasteiger partial charge >= 0.3 is 0 Å². The second kappa shape index (κ2) is 7.13. The van der Waals surface area contributed by atoms with Gasteiger partial charge in [0.2, 0.25) is 0 Å². The summed E-state index contributed by atoms with van der Waals surface area (Å²) in [6.45, 7) is 2.03. The number of aromatic nitrogens is 1. The first-order valence-electron chi connectivity index (χ1n) is 8.42. The van der Waals surface area contributed by atoms with E-state index < -0.39 is 10.8 Å². The lowest BCUT2D eigenvalue weighted by Crippen LogP contribution is -2.16. The van der Waals surface area contributed by atoms with E-state index in [9.17, 15) is 14.9 Å². The van der Waals surface area contributed by atoms with E-state index in [1.165, 1.54) is 31.0 Å². The van der Waals surface area contributed by atoms with E-state index in [2.05, 4.69) is 15.2 Å². The molecule has 0 saturated carbocycles. The molecule has 2 aromatic carbocycles. The Hall–Kier alpha value is -2.71. The van der Waals surface area contributed by atoms with E-state index in [0.29, 0.717) is 5.69 Å². The molecule has 0 radical (unpaired) electrons. The lowest BCUT2D eigenvalue weighted by molar-refractivity contribution is -0.385. The Balaban J connectivity index is 1.60. The number of carbonyl (C=O) groups is 1. The molecule has 2 heterocycles. The highest BCUT2D eigenvalue weighted by atomic mass is 35.5. The third kappa shape index (κ3) is 3.58. The van der Waals surface area contributed by atoms with Gasteiger partial charge in [-0.05, 0) is 43.2 Å². The summed E-state index contributed by atoms with van der Waals surface area (Å²) in [6.07, 6.45) is 2.35. The van der Waals surface area contributed by atoms with Crippen LogP contribution in [0.2, 0.25) is 5.02 Å². The van der Waals surface area contributed by atoms with Crippen molar-refractivity contribution in [2.24, 2.45) is 0 Å². The second-order valence-corrected chi connectivity index (χ2v) is 7.69. The zero-order valence-corrected chi connectivity index (χ0v) is 15.7. The van der Waals surface area contributed by atoms with Crippen LogP contribution in [-0.2, 0) is 0 Å². The molecule has 0 aliphatic carbocycles. The molecule has 1 aliphatic rings. The molecule has 0 unspecified atom stereocenters. The van der Waals surface area contributed by atoms with Crippen molar-refractivity contribution in [1.29, 1.82) is 0 Å². The zero-order valence-electron chi connectivity index (χ0n) is 14.1. The van der Waals surface area contributed by atoms with Crippen LogP contribution in [0.25, 0.3) is 10.2 Å². The van der Waals surface area contributed by atoms with Gasteiger partial charge in [-0.15, -0.1) is 0 Å². The van der Waals surface area contributed by atoms with Crippen molar-refractivity contribution in [2.75, 3.05) is 23.3 Å². The molecule has 7 nitrogen and oxygen atoms in total. The molecule has 4 rings (SSSR count). The fourth-order valence-electron chi connectivity index (χ4n) is 3.08. The van der Waals surface area contributed by atoms with E-state index in [-0.39, 0.29) is 16.3 Å². The summed E-state index contributed by atoms with van der Waals surface area (Å²) in [7, 11) is 0. The molecule has 1 aromatic heterocycles. The SMILES string of the molecule is O=C(Nc1ccc2nc(N3CCCC3)sc2c1)c1cc(Cl)ccc1[N+](=O)[O-]. The lowest BCUT2D eigenvalue weighted by Gasteiger charge is -2.11.